The Hall–Kier alpha value is -2.06. The molecule has 3 atom stereocenters. The number of aliphatic hydroxyl groups excluding tert-OH is 1. The van der Waals surface area contributed by atoms with Gasteiger partial charge in [-0.1, -0.05) is 267 Å². The van der Waals surface area contributed by atoms with Crippen LogP contribution in [0.1, 0.15) is 264 Å². The predicted octanol–water partition coefficient (Wildman–Crippen LogP) is 17.6. The topological polar surface area (TPSA) is 108 Å². The molecule has 0 radical (unpaired) electrons. The van der Waals surface area contributed by atoms with E-state index in [4.69, 9.17) is 9.05 Å². The van der Waals surface area contributed by atoms with Gasteiger partial charge < -0.3 is 28.8 Å². The first-order chi connectivity index (χ1) is 34.5. The summed E-state index contributed by atoms with van der Waals surface area (Å²) in [5, 5.41) is 14.0. The van der Waals surface area contributed by atoms with Crippen LogP contribution in [-0.4, -0.2) is 68.5 Å². The lowest BCUT2D eigenvalue weighted by Crippen LogP contribution is -2.46. The maximum Gasteiger partial charge on any atom is 0.268 e. The number of carbonyl (C=O) groups excluding carboxylic acids is 1. The summed E-state index contributed by atoms with van der Waals surface area (Å²) in [6, 6.07) is -0.830. The van der Waals surface area contributed by atoms with E-state index in [0.29, 0.717) is 30.3 Å². The van der Waals surface area contributed by atoms with Gasteiger partial charge in [-0.05, 0) is 64.2 Å². The summed E-state index contributed by atoms with van der Waals surface area (Å²) in [5.41, 5.74) is 0. The molecule has 8 nitrogen and oxygen atoms in total. The van der Waals surface area contributed by atoms with Crippen LogP contribution < -0.4 is 10.2 Å². The third-order valence-electron chi connectivity index (χ3n) is 13.2. The molecule has 71 heavy (non-hydrogen) atoms. The smallest absolute Gasteiger partial charge is 0.268 e. The molecule has 1 amide bonds. The van der Waals surface area contributed by atoms with Crippen molar-refractivity contribution in [2.45, 2.75) is 276 Å². The number of aliphatic hydroxyl groups is 1. The first kappa shape index (κ1) is 68.9. The minimum absolute atomic E-state index is 0.000252. The summed E-state index contributed by atoms with van der Waals surface area (Å²) < 4.78 is 23.4. The number of hydrogen-bond acceptors (Lipinski definition) is 6. The van der Waals surface area contributed by atoms with Gasteiger partial charge in [0.15, 0.2) is 0 Å². The Labute approximate surface area is 440 Å². The van der Waals surface area contributed by atoms with E-state index < -0.39 is 20.0 Å². The largest absolute Gasteiger partial charge is 0.756 e. The zero-order valence-electron chi connectivity index (χ0n) is 47.2. The van der Waals surface area contributed by atoms with Crippen LogP contribution in [0.15, 0.2) is 72.9 Å². The standard InChI is InChI=1S/C62H115N2O6P/c1-6-8-10-12-14-16-18-20-22-24-26-28-29-30-31-32-33-34-36-37-39-41-43-45-47-49-51-53-55-61(65)60(59-70-71(67,68)69-58-57-64(3,4)5)63-62(66)56-54-52-50-48-46-44-42-40-38-35-27-25-23-21-19-17-15-13-11-9-7-2/h9,11,15,17,21,23,27,35,40,42,46,48,60-61,65H,6-8,10,12-14,16,18-20,22,24-26,28-34,36-39,41,43-45,47,49-59H2,1-5H3,(H-,63,66,67,68)/b11-9-,17-15-,23-21-,35-27-,42-40-,48-46-. The Balaban J connectivity index is 4.20. The predicted molar refractivity (Wildman–Crippen MR) is 307 cm³/mol. The van der Waals surface area contributed by atoms with Gasteiger partial charge in [-0.25, -0.2) is 0 Å². The van der Waals surface area contributed by atoms with Gasteiger partial charge in [0.05, 0.1) is 39.9 Å². The molecule has 0 saturated heterocycles. The van der Waals surface area contributed by atoms with Crippen molar-refractivity contribution in [2.75, 3.05) is 40.9 Å². The number of nitrogens with zero attached hydrogens (tertiary/aromatic N) is 1. The van der Waals surface area contributed by atoms with E-state index in [9.17, 15) is 19.4 Å². The zero-order valence-corrected chi connectivity index (χ0v) is 48.1. The lowest BCUT2D eigenvalue weighted by molar-refractivity contribution is -0.870. The summed E-state index contributed by atoms with van der Waals surface area (Å²) in [5.74, 6) is -0.206. The number of quaternary nitrogens is 1. The molecule has 0 aliphatic heterocycles. The molecule has 0 rings (SSSR count). The van der Waals surface area contributed by atoms with Crippen LogP contribution >= 0.6 is 7.82 Å². The van der Waals surface area contributed by atoms with Crippen molar-refractivity contribution in [1.29, 1.82) is 0 Å². The highest BCUT2D eigenvalue weighted by atomic mass is 31.2. The van der Waals surface area contributed by atoms with Crippen LogP contribution in [0.2, 0.25) is 0 Å². The van der Waals surface area contributed by atoms with Crippen molar-refractivity contribution in [3.05, 3.63) is 72.9 Å². The Bertz CT molecular complexity index is 1380. The second kappa shape index (κ2) is 52.8. The molecular weight excluding hydrogens is 900 g/mol. The molecule has 0 aliphatic rings. The van der Waals surface area contributed by atoms with Crippen LogP contribution in [0.5, 0.6) is 0 Å². The average Bonchev–Trinajstić information content (AvgIpc) is 3.33. The lowest BCUT2D eigenvalue weighted by Gasteiger charge is -2.30. The number of phosphoric ester groups is 1. The van der Waals surface area contributed by atoms with Crippen LogP contribution in [0, 0.1) is 0 Å². The van der Waals surface area contributed by atoms with Crippen molar-refractivity contribution in [1.82, 2.24) is 5.32 Å². The number of phosphoric acid groups is 1. The number of likely N-dealkylation sites (N-methyl/N-ethyl adjacent to an activating group) is 1. The van der Waals surface area contributed by atoms with Crippen molar-refractivity contribution < 1.29 is 32.9 Å². The fraction of sp³-hybridized carbons (Fsp3) is 0.790. The first-order valence-electron chi connectivity index (χ1n) is 29.8. The summed E-state index contributed by atoms with van der Waals surface area (Å²) >= 11 is 0. The van der Waals surface area contributed by atoms with Gasteiger partial charge in [-0.3, -0.25) is 9.36 Å². The molecule has 2 N–H and O–H groups in total. The highest BCUT2D eigenvalue weighted by Crippen LogP contribution is 2.38. The molecule has 0 fully saturated rings. The van der Waals surface area contributed by atoms with E-state index in [1.165, 1.54) is 161 Å². The highest BCUT2D eigenvalue weighted by molar-refractivity contribution is 7.45. The SMILES string of the molecule is CC/C=C\C/C=C\C/C=C\C/C=C\C/C=C\C/C=C\CCCCC(=O)NC(COP(=O)([O-])OCC[N+](C)(C)C)C(O)CCCCCCCCCCCCCCCCCCCCCCCCCCCCCC. The molecule has 0 saturated carbocycles. The molecule has 0 aromatic rings. The third kappa shape index (κ3) is 55.5. The first-order valence-corrected chi connectivity index (χ1v) is 31.2. The Morgan fingerprint density at radius 2 is 0.859 bits per heavy atom. The van der Waals surface area contributed by atoms with Crippen molar-refractivity contribution >= 4 is 13.7 Å². The van der Waals surface area contributed by atoms with Crippen molar-refractivity contribution in [3.63, 3.8) is 0 Å². The number of allylic oxidation sites excluding steroid dienone is 12. The van der Waals surface area contributed by atoms with Gasteiger partial charge in [-0.2, -0.15) is 0 Å². The normalized spacial score (nSPS) is 14.4. The second-order valence-corrected chi connectivity index (χ2v) is 22.7. The second-order valence-electron chi connectivity index (χ2n) is 21.3. The minimum Gasteiger partial charge on any atom is -0.756 e. The monoisotopic (exact) mass is 1010 g/mol. The van der Waals surface area contributed by atoms with E-state index in [1.54, 1.807) is 0 Å². The highest BCUT2D eigenvalue weighted by Gasteiger charge is 2.24. The van der Waals surface area contributed by atoms with E-state index in [1.807, 2.05) is 21.1 Å². The molecule has 0 aliphatic carbocycles. The van der Waals surface area contributed by atoms with Gasteiger partial charge in [0.2, 0.25) is 5.91 Å². The zero-order chi connectivity index (χ0) is 52.0. The summed E-state index contributed by atoms with van der Waals surface area (Å²) in [7, 11) is 1.27. The third-order valence-corrected chi connectivity index (χ3v) is 14.2. The Kier molecular flexibility index (Phi) is 51.3. The van der Waals surface area contributed by atoms with E-state index >= 15 is 0 Å². The number of amides is 1. The molecule has 0 aromatic carbocycles. The molecule has 9 heteroatoms. The molecule has 0 heterocycles. The van der Waals surface area contributed by atoms with Gasteiger partial charge in [0.1, 0.15) is 13.2 Å². The summed E-state index contributed by atoms with van der Waals surface area (Å²) in [6.07, 6.45) is 72.4. The van der Waals surface area contributed by atoms with Crippen molar-refractivity contribution in [2.24, 2.45) is 0 Å². The number of nitrogens with one attached hydrogen (secondary N) is 1. The van der Waals surface area contributed by atoms with Gasteiger partial charge >= 0.3 is 0 Å². The number of rotatable bonds is 54. The summed E-state index contributed by atoms with van der Waals surface area (Å²) in [4.78, 5) is 25.5. The van der Waals surface area contributed by atoms with E-state index in [0.717, 1.165) is 70.6 Å². The fourth-order valence-electron chi connectivity index (χ4n) is 8.57. The molecule has 0 aromatic heterocycles. The van der Waals surface area contributed by atoms with E-state index in [-0.39, 0.29) is 19.1 Å². The van der Waals surface area contributed by atoms with Gasteiger partial charge in [-0.15, -0.1) is 0 Å². The lowest BCUT2D eigenvalue weighted by atomic mass is 10.0. The van der Waals surface area contributed by atoms with Crippen LogP contribution in [0.3, 0.4) is 0 Å². The molecular formula is C62H115N2O6P. The maximum absolute atomic E-state index is 13.0. The quantitative estimate of drug-likeness (QED) is 0.0272. The minimum atomic E-state index is -4.59. The Morgan fingerprint density at radius 1 is 0.507 bits per heavy atom. The van der Waals surface area contributed by atoms with Crippen LogP contribution in [-0.2, 0) is 18.4 Å². The van der Waals surface area contributed by atoms with Crippen molar-refractivity contribution in [3.8, 4) is 0 Å². The molecule has 414 valence electrons. The van der Waals surface area contributed by atoms with Gasteiger partial charge in [0, 0.05) is 6.42 Å². The Morgan fingerprint density at radius 3 is 1.23 bits per heavy atom. The molecule has 0 bridgehead atoms. The van der Waals surface area contributed by atoms with Gasteiger partial charge in [0.25, 0.3) is 7.82 Å². The maximum atomic E-state index is 13.0. The summed E-state index contributed by atoms with van der Waals surface area (Å²) in [6.45, 7) is 4.59. The fourth-order valence-corrected chi connectivity index (χ4v) is 9.30. The van der Waals surface area contributed by atoms with Crippen LogP contribution in [0.4, 0.5) is 0 Å². The average molecular weight is 1020 g/mol. The number of hydrogen-bond donors (Lipinski definition) is 2. The number of unbranched alkanes of at least 4 members (excludes halogenated alkanes) is 29. The molecule has 0 spiro atoms. The van der Waals surface area contributed by atoms with E-state index in [2.05, 4.69) is 92.1 Å². The van der Waals surface area contributed by atoms with Crippen LogP contribution in [0.25, 0.3) is 0 Å². The number of carbonyl (C=O) groups is 1. The molecule has 3 unspecified atom stereocenters.